The molecule has 0 spiro atoms. The molecule has 1 fully saturated rings. The number of halogens is 1. The first-order valence-corrected chi connectivity index (χ1v) is 6.07. The quantitative estimate of drug-likeness (QED) is 0.791. The third-order valence-corrected chi connectivity index (χ3v) is 3.59. The molecule has 1 aromatic rings. The largest absolute Gasteiger partial charge is 0.319 e. The first kappa shape index (κ1) is 11.0. The number of likely N-dealkylation sites (tertiary alicyclic amines) is 1. The van der Waals surface area contributed by atoms with Gasteiger partial charge in [-0.15, -0.1) is 0 Å². The van der Waals surface area contributed by atoms with Gasteiger partial charge in [-0.3, -0.25) is 0 Å². The van der Waals surface area contributed by atoms with Crippen molar-refractivity contribution in [2.24, 2.45) is 0 Å². The van der Waals surface area contributed by atoms with Crippen LogP contribution in [0.25, 0.3) is 0 Å². The van der Waals surface area contributed by atoms with E-state index in [1.165, 1.54) is 18.7 Å². The fourth-order valence-electron chi connectivity index (χ4n) is 2.37. The molecule has 1 saturated heterocycles. The molecular formula is C11H18ClN3. The zero-order valence-electron chi connectivity index (χ0n) is 9.41. The molecule has 3 nitrogen and oxygen atoms in total. The van der Waals surface area contributed by atoms with E-state index >= 15 is 0 Å². The number of aromatic nitrogens is 2. The second-order valence-corrected chi connectivity index (χ2v) is 4.41. The van der Waals surface area contributed by atoms with Gasteiger partial charge < -0.3 is 9.47 Å². The minimum Gasteiger partial charge on any atom is -0.319 e. The number of likely N-dealkylation sites (N-methyl/N-ethyl adjacent to an activating group) is 1. The zero-order valence-corrected chi connectivity index (χ0v) is 10.2. The third-order valence-electron chi connectivity index (χ3n) is 3.29. The van der Waals surface area contributed by atoms with Gasteiger partial charge in [-0.2, -0.15) is 0 Å². The molecule has 84 valence electrons. The van der Waals surface area contributed by atoms with E-state index in [9.17, 15) is 0 Å². The van der Waals surface area contributed by atoms with E-state index in [2.05, 4.69) is 28.3 Å². The van der Waals surface area contributed by atoms with Crippen molar-refractivity contribution in [3.8, 4) is 0 Å². The molecule has 0 aliphatic carbocycles. The van der Waals surface area contributed by atoms with Gasteiger partial charge in [-0.05, 0) is 38.0 Å². The van der Waals surface area contributed by atoms with Crippen LogP contribution in [0.15, 0.2) is 6.20 Å². The normalized spacial score (nSPS) is 22.5. The van der Waals surface area contributed by atoms with E-state index < -0.39 is 0 Å². The number of imidazole rings is 1. The van der Waals surface area contributed by atoms with E-state index in [4.69, 9.17) is 11.6 Å². The summed E-state index contributed by atoms with van der Waals surface area (Å²) < 4.78 is 2.12. The van der Waals surface area contributed by atoms with Crippen LogP contribution in [0.4, 0.5) is 0 Å². The summed E-state index contributed by atoms with van der Waals surface area (Å²) in [6.45, 7) is 8.74. The van der Waals surface area contributed by atoms with Gasteiger partial charge in [-0.25, -0.2) is 4.98 Å². The lowest BCUT2D eigenvalue weighted by Crippen LogP contribution is -2.20. The topological polar surface area (TPSA) is 21.1 Å². The highest BCUT2D eigenvalue weighted by Crippen LogP contribution is 2.28. The molecule has 1 atom stereocenters. The van der Waals surface area contributed by atoms with Gasteiger partial charge in [-0.1, -0.05) is 6.92 Å². The van der Waals surface area contributed by atoms with E-state index in [-0.39, 0.29) is 0 Å². The molecular weight excluding hydrogens is 210 g/mol. The van der Waals surface area contributed by atoms with Gasteiger partial charge in [0.2, 0.25) is 5.28 Å². The Morgan fingerprint density at radius 1 is 1.47 bits per heavy atom. The second-order valence-electron chi connectivity index (χ2n) is 4.08. The Labute approximate surface area is 96.0 Å². The monoisotopic (exact) mass is 227 g/mol. The fraction of sp³-hybridized carbons (Fsp3) is 0.727. The molecule has 0 N–H and O–H groups in total. The molecule has 15 heavy (non-hydrogen) atoms. The minimum atomic E-state index is 0.616. The summed E-state index contributed by atoms with van der Waals surface area (Å²) in [5.41, 5.74) is 1.30. The Morgan fingerprint density at radius 2 is 2.27 bits per heavy atom. The Bertz CT molecular complexity index is 335. The highest BCUT2D eigenvalue weighted by atomic mass is 35.5. The Morgan fingerprint density at radius 3 is 2.87 bits per heavy atom. The lowest BCUT2D eigenvalue weighted by atomic mass is 10.1. The number of hydrogen-bond acceptors (Lipinski definition) is 2. The van der Waals surface area contributed by atoms with Gasteiger partial charge in [0.25, 0.3) is 0 Å². The van der Waals surface area contributed by atoms with Crippen molar-refractivity contribution in [1.29, 1.82) is 0 Å². The van der Waals surface area contributed by atoms with Crippen LogP contribution in [0.1, 0.15) is 31.9 Å². The maximum atomic E-state index is 6.03. The van der Waals surface area contributed by atoms with Crippen LogP contribution in [-0.4, -0.2) is 34.1 Å². The van der Waals surface area contributed by atoms with Crippen molar-refractivity contribution in [1.82, 2.24) is 14.5 Å². The van der Waals surface area contributed by atoms with Crippen molar-refractivity contribution >= 4 is 11.6 Å². The van der Waals surface area contributed by atoms with Crippen LogP contribution in [0.2, 0.25) is 5.28 Å². The van der Waals surface area contributed by atoms with Crippen molar-refractivity contribution in [2.45, 2.75) is 32.7 Å². The average molecular weight is 228 g/mol. The molecule has 0 radical (unpaired) electrons. The van der Waals surface area contributed by atoms with Gasteiger partial charge in [0.1, 0.15) is 0 Å². The van der Waals surface area contributed by atoms with Gasteiger partial charge >= 0.3 is 0 Å². The Hall–Kier alpha value is -0.540. The SMILES string of the molecule is CCN1CCC(c2cnc(Cl)n2CC)C1. The average Bonchev–Trinajstić information content (AvgIpc) is 2.83. The molecule has 1 aliphatic heterocycles. The zero-order chi connectivity index (χ0) is 10.8. The van der Waals surface area contributed by atoms with Crippen LogP contribution < -0.4 is 0 Å². The molecule has 1 aliphatic rings. The van der Waals surface area contributed by atoms with Crippen LogP contribution in [0, 0.1) is 0 Å². The molecule has 2 heterocycles. The van der Waals surface area contributed by atoms with Crippen molar-refractivity contribution in [3.05, 3.63) is 17.2 Å². The van der Waals surface area contributed by atoms with Gasteiger partial charge in [0, 0.05) is 24.7 Å². The first-order chi connectivity index (χ1) is 7.26. The second kappa shape index (κ2) is 4.54. The first-order valence-electron chi connectivity index (χ1n) is 5.69. The van der Waals surface area contributed by atoms with E-state index in [0.717, 1.165) is 19.6 Å². The summed E-state index contributed by atoms with van der Waals surface area (Å²) in [7, 11) is 0. The number of hydrogen-bond donors (Lipinski definition) is 0. The maximum absolute atomic E-state index is 6.03. The van der Waals surface area contributed by atoms with Crippen LogP contribution in [0.3, 0.4) is 0 Å². The molecule has 0 aromatic carbocycles. The van der Waals surface area contributed by atoms with Crippen molar-refractivity contribution in [2.75, 3.05) is 19.6 Å². The van der Waals surface area contributed by atoms with Crippen molar-refractivity contribution in [3.63, 3.8) is 0 Å². The molecule has 1 unspecified atom stereocenters. The molecule has 0 amide bonds. The maximum Gasteiger partial charge on any atom is 0.202 e. The van der Waals surface area contributed by atoms with Gasteiger partial charge in [0.05, 0.1) is 6.20 Å². The highest BCUT2D eigenvalue weighted by Gasteiger charge is 2.25. The summed E-state index contributed by atoms with van der Waals surface area (Å²) in [6.07, 6.45) is 3.17. The van der Waals surface area contributed by atoms with Crippen LogP contribution in [-0.2, 0) is 6.54 Å². The standard InChI is InChI=1S/C11H18ClN3/c1-3-14-6-5-9(8-14)10-7-13-11(12)15(10)4-2/h7,9H,3-6,8H2,1-2H3. The predicted molar refractivity (Wildman–Crippen MR) is 62.4 cm³/mol. The summed E-state index contributed by atoms with van der Waals surface area (Å²) in [5, 5.41) is 0.627. The summed E-state index contributed by atoms with van der Waals surface area (Å²) in [4.78, 5) is 6.67. The molecule has 0 saturated carbocycles. The number of nitrogens with zero attached hydrogens (tertiary/aromatic N) is 3. The fourth-order valence-corrected chi connectivity index (χ4v) is 2.63. The molecule has 4 heteroatoms. The Kier molecular flexibility index (Phi) is 3.32. The molecule has 1 aromatic heterocycles. The lowest BCUT2D eigenvalue weighted by Gasteiger charge is -2.14. The minimum absolute atomic E-state index is 0.616. The molecule has 0 bridgehead atoms. The predicted octanol–water partition coefficient (Wildman–Crippen LogP) is 2.37. The van der Waals surface area contributed by atoms with Crippen molar-refractivity contribution < 1.29 is 0 Å². The summed E-state index contributed by atoms with van der Waals surface area (Å²) in [5.74, 6) is 0.616. The smallest absolute Gasteiger partial charge is 0.202 e. The summed E-state index contributed by atoms with van der Waals surface area (Å²) in [6, 6.07) is 0. The molecule has 2 rings (SSSR count). The van der Waals surface area contributed by atoms with E-state index in [1.54, 1.807) is 0 Å². The number of rotatable bonds is 3. The summed E-state index contributed by atoms with van der Waals surface area (Å²) >= 11 is 6.03. The van der Waals surface area contributed by atoms with E-state index in [0.29, 0.717) is 11.2 Å². The van der Waals surface area contributed by atoms with Crippen LogP contribution >= 0.6 is 11.6 Å². The van der Waals surface area contributed by atoms with Crippen LogP contribution in [0.5, 0.6) is 0 Å². The lowest BCUT2D eigenvalue weighted by molar-refractivity contribution is 0.352. The van der Waals surface area contributed by atoms with E-state index in [1.807, 2.05) is 6.20 Å². The Balaban J connectivity index is 2.16. The highest BCUT2D eigenvalue weighted by molar-refractivity contribution is 6.28. The van der Waals surface area contributed by atoms with Gasteiger partial charge in [0.15, 0.2) is 0 Å². The third kappa shape index (κ3) is 2.04.